The minimum Gasteiger partial charge on any atom is -0.386 e. The van der Waals surface area contributed by atoms with Gasteiger partial charge in [-0.1, -0.05) is 12.2 Å². The van der Waals surface area contributed by atoms with Crippen molar-refractivity contribution >= 4 is 11.6 Å². The topological polar surface area (TPSA) is 96.1 Å². The summed E-state index contributed by atoms with van der Waals surface area (Å²) < 4.78 is 6.07. The van der Waals surface area contributed by atoms with E-state index in [1.165, 1.54) is 0 Å². The normalized spacial score (nSPS) is 53.8. The van der Waals surface area contributed by atoms with Crippen molar-refractivity contribution in [3.05, 3.63) is 33.4 Å². The lowest BCUT2D eigenvalue weighted by molar-refractivity contribution is -0.637. The molecule has 7 nitrogen and oxygen atoms in total. The second kappa shape index (κ2) is 4.84. The van der Waals surface area contributed by atoms with Gasteiger partial charge in [-0.15, -0.1) is 11.6 Å². The van der Waals surface area contributed by atoms with Gasteiger partial charge in [0.15, 0.2) is 6.10 Å². The number of nitrogens with zero attached hydrogens (tertiary/aromatic N) is 2. The van der Waals surface area contributed by atoms with Gasteiger partial charge in [0.2, 0.25) is 0 Å². The fraction of sp³-hybridized carbons (Fsp3) is 0.765. The third-order valence-electron chi connectivity index (χ3n) is 7.20. The fourth-order valence-corrected chi connectivity index (χ4v) is 6.53. The number of aliphatic hydroxyl groups excluding tert-OH is 1. The van der Waals surface area contributed by atoms with E-state index in [-0.39, 0.29) is 18.4 Å². The summed E-state index contributed by atoms with van der Waals surface area (Å²) >= 11 is 6.55. The van der Waals surface area contributed by atoms with Crippen LogP contribution in [0.25, 0.3) is 0 Å². The molecule has 0 aromatic carbocycles. The summed E-state index contributed by atoms with van der Waals surface area (Å²) in [7, 11) is 2.09. The maximum absolute atomic E-state index is 11.7. The first-order valence-electron chi connectivity index (χ1n) is 8.77. The van der Waals surface area contributed by atoms with Crippen molar-refractivity contribution in [1.82, 2.24) is 4.90 Å². The first-order chi connectivity index (χ1) is 11.8. The fourth-order valence-electron chi connectivity index (χ4n) is 6.10. The largest absolute Gasteiger partial charge is 0.386 e. The summed E-state index contributed by atoms with van der Waals surface area (Å²) in [4.78, 5) is 13.3. The van der Waals surface area contributed by atoms with Crippen LogP contribution in [0.3, 0.4) is 0 Å². The number of halogens is 1. The molecule has 8 atom stereocenters. The second-order valence-electron chi connectivity index (χ2n) is 8.13. The van der Waals surface area contributed by atoms with Gasteiger partial charge in [-0.25, -0.2) is 0 Å². The molecule has 3 aliphatic carbocycles. The lowest BCUT2D eigenvalue weighted by Gasteiger charge is -2.58. The molecule has 0 amide bonds. The second-order valence-corrected chi connectivity index (χ2v) is 8.65. The van der Waals surface area contributed by atoms with E-state index in [4.69, 9.17) is 16.3 Å². The molecule has 2 aliphatic heterocycles. The van der Waals surface area contributed by atoms with Crippen molar-refractivity contribution in [3.63, 3.8) is 0 Å². The highest BCUT2D eigenvalue weighted by molar-refractivity contribution is 6.22. The third-order valence-corrected chi connectivity index (χ3v) is 7.62. The number of ether oxygens (including phenoxy) is 1. The average Bonchev–Trinajstić information content (AvgIpc) is 2.91. The van der Waals surface area contributed by atoms with Crippen molar-refractivity contribution in [2.45, 2.75) is 54.7 Å². The third kappa shape index (κ3) is 1.71. The van der Waals surface area contributed by atoms with Gasteiger partial charge < -0.3 is 19.8 Å². The summed E-state index contributed by atoms with van der Waals surface area (Å²) in [6.07, 6.45) is 2.66. The number of alkyl halides is 1. The van der Waals surface area contributed by atoms with E-state index in [1.807, 2.05) is 6.08 Å². The number of nitro groups is 1. The molecule has 136 valence electrons. The van der Waals surface area contributed by atoms with Crippen LogP contribution in [0, 0.1) is 21.4 Å². The molecule has 0 aromatic rings. The first-order valence-corrected chi connectivity index (χ1v) is 9.21. The minimum absolute atomic E-state index is 0.112. The molecule has 2 heterocycles. The zero-order chi connectivity index (χ0) is 17.7. The molecule has 3 unspecified atom stereocenters. The molecular formula is C17H21ClN2O5. The first kappa shape index (κ1) is 16.2. The summed E-state index contributed by atoms with van der Waals surface area (Å²) in [5, 5.41) is 32.5. The standard InChI is InChI=1S/C17H21ClN2O5/c1-19-5-4-16-9-2-3-12(21)14(16)25-15-13(16)8(6-11(9)19)10(18)7-17(15,22)20(23)24/h2-3,9-12,14-15,21-22H,4-7H2,1H3/t9-,10?,11+,12-,14-,15?,16-,17?/m0/s1. The van der Waals surface area contributed by atoms with E-state index < -0.39 is 39.8 Å². The van der Waals surface area contributed by atoms with Crippen molar-refractivity contribution in [2.75, 3.05) is 13.6 Å². The zero-order valence-corrected chi connectivity index (χ0v) is 14.6. The Kier molecular flexibility index (Phi) is 3.13. The molecule has 0 aromatic heterocycles. The van der Waals surface area contributed by atoms with Gasteiger partial charge in [-0.2, -0.15) is 0 Å². The molecule has 2 bridgehead atoms. The van der Waals surface area contributed by atoms with Gasteiger partial charge in [0, 0.05) is 17.4 Å². The molecule has 1 spiro atoms. The number of piperidine rings is 1. The van der Waals surface area contributed by atoms with E-state index in [2.05, 4.69) is 11.9 Å². The molecule has 5 rings (SSSR count). The summed E-state index contributed by atoms with van der Waals surface area (Å²) in [5.74, 6) is 0.112. The van der Waals surface area contributed by atoms with Gasteiger partial charge in [0.1, 0.15) is 0 Å². The highest BCUT2D eigenvalue weighted by Gasteiger charge is 2.73. The quantitative estimate of drug-likeness (QED) is 0.232. The van der Waals surface area contributed by atoms with E-state index in [1.54, 1.807) is 6.08 Å². The zero-order valence-electron chi connectivity index (χ0n) is 13.8. The molecule has 2 saturated heterocycles. The molecule has 0 saturated carbocycles. The van der Waals surface area contributed by atoms with Crippen LogP contribution in [0.5, 0.6) is 0 Å². The number of rotatable bonds is 1. The van der Waals surface area contributed by atoms with Gasteiger partial charge in [-0.05, 0) is 37.6 Å². The van der Waals surface area contributed by atoms with Crippen molar-refractivity contribution < 1.29 is 19.9 Å². The summed E-state index contributed by atoms with van der Waals surface area (Å²) in [6, 6.07) is 0.240. The molecule has 25 heavy (non-hydrogen) atoms. The van der Waals surface area contributed by atoms with E-state index in [0.29, 0.717) is 0 Å². The van der Waals surface area contributed by atoms with Crippen LogP contribution >= 0.6 is 11.6 Å². The van der Waals surface area contributed by atoms with Crippen LogP contribution in [-0.4, -0.2) is 69.1 Å². The van der Waals surface area contributed by atoms with Crippen LogP contribution in [-0.2, 0) is 4.74 Å². The Bertz CT molecular complexity index is 726. The highest BCUT2D eigenvalue weighted by Crippen LogP contribution is 2.66. The molecule has 5 aliphatic rings. The number of aliphatic hydroxyl groups is 2. The predicted octanol–water partition coefficient (Wildman–Crippen LogP) is 0.668. The van der Waals surface area contributed by atoms with Crippen molar-refractivity contribution in [1.29, 1.82) is 0 Å². The summed E-state index contributed by atoms with van der Waals surface area (Å²) in [5.41, 5.74) is -0.949. The van der Waals surface area contributed by atoms with Crippen LogP contribution < -0.4 is 0 Å². The SMILES string of the molecule is CN1CC[C@@]23C4=C5C[C@@H]1[C@@H]2C=C[C@H](O)[C@@H]3OC4C(O)([N+](=O)[O-])CC5Cl. The molecule has 8 heteroatoms. The maximum atomic E-state index is 11.7. The average molecular weight is 369 g/mol. The summed E-state index contributed by atoms with van der Waals surface area (Å²) in [6.45, 7) is 0.828. The van der Waals surface area contributed by atoms with Crippen LogP contribution in [0.15, 0.2) is 23.3 Å². The van der Waals surface area contributed by atoms with Crippen LogP contribution in [0.2, 0.25) is 0 Å². The van der Waals surface area contributed by atoms with Crippen molar-refractivity contribution in [3.8, 4) is 0 Å². The monoisotopic (exact) mass is 368 g/mol. The van der Waals surface area contributed by atoms with E-state index in [9.17, 15) is 20.3 Å². The highest BCUT2D eigenvalue weighted by atomic mass is 35.5. The molecule has 2 fully saturated rings. The number of hydrogen-bond acceptors (Lipinski definition) is 6. The van der Waals surface area contributed by atoms with E-state index >= 15 is 0 Å². The smallest absolute Gasteiger partial charge is 0.354 e. The van der Waals surface area contributed by atoms with E-state index in [0.717, 1.165) is 30.5 Å². The van der Waals surface area contributed by atoms with Gasteiger partial charge >= 0.3 is 5.72 Å². The molecule has 0 radical (unpaired) electrons. The Morgan fingerprint density at radius 3 is 2.96 bits per heavy atom. The van der Waals surface area contributed by atoms with Gasteiger partial charge in [0.05, 0.1) is 28.9 Å². The Morgan fingerprint density at radius 1 is 1.48 bits per heavy atom. The minimum atomic E-state index is -2.24. The van der Waals surface area contributed by atoms with Crippen LogP contribution in [0.1, 0.15) is 19.3 Å². The maximum Gasteiger partial charge on any atom is 0.354 e. The number of likely N-dealkylation sites (tertiary alicyclic amines) is 1. The molecule has 2 N–H and O–H groups in total. The van der Waals surface area contributed by atoms with Gasteiger partial charge in [-0.3, -0.25) is 10.1 Å². The predicted molar refractivity (Wildman–Crippen MR) is 88.6 cm³/mol. The lowest BCUT2D eigenvalue weighted by Crippen LogP contribution is -2.63. The Labute approximate surface area is 150 Å². The Morgan fingerprint density at radius 2 is 2.24 bits per heavy atom. The van der Waals surface area contributed by atoms with Gasteiger partial charge in [0.25, 0.3) is 0 Å². The molecular weight excluding hydrogens is 348 g/mol. The Hall–Kier alpha value is -0.990. The lowest BCUT2D eigenvalue weighted by atomic mass is 9.51. The van der Waals surface area contributed by atoms with Crippen LogP contribution in [0.4, 0.5) is 0 Å². The Balaban J connectivity index is 1.77. The van der Waals surface area contributed by atoms with Crippen molar-refractivity contribution in [2.24, 2.45) is 11.3 Å². The number of hydrogen-bond donors (Lipinski definition) is 2.